The van der Waals surface area contributed by atoms with E-state index in [1.165, 1.54) is 315 Å². The van der Waals surface area contributed by atoms with Crippen molar-refractivity contribution >= 4 is 5.78 Å². The van der Waals surface area contributed by atoms with Crippen LogP contribution in [0.3, 0.4) is 0 Å². The maximum atomic E-state index is 12.1. The molecular formula is C55H108O. The van der Waals surface area contributed by atoms with Crippen molar-refractivity contribution in [3.05, 3.63) is 0 Å². The summed E-state index contributed by atoms with van der Waals surface area (Å²) >= 11 is 0. The van der Waals surface area contributed by atoms with Gasteiger partial charge >= 0.3 is 0 Å². The number of Topliss-reactive ketones (excluding diaryl/α,β-unsaturated/α-hetero) is 1. The summed E-state index contributed by atoms with van der Waals surface area (Å²) in [7, 11) is 0. The molecule has 0 saturated heterocycles. The zero-order chi connectivity index (χ0) is 40.1. The normalized spacial score (nSPS) is 14.3. The molecule has 0 unspecified atom stereocenters. The molecule has 1 heteroatoms. The van der Waals surface area contributed by atoms with E-state index in [1.807, 2.05) is 0 Å². The highest BCUT2D eigenvalue weighted by molar-refractivity contribution is 5.79. The van der Waals surface area contributed by atoms with Gasteiger partial charge in [-0.3, -0.25) is 4.79 Å². The lowest BCUT2D eigenvalue weighted by Gasteiger charge is -2.37. The Morgan fingerprint density at radius 1 is 0.268 bits per heavy atom. The van der Waals surface area contributed by atoms with Crippen molar-refractivity contribution in [2.24, 2.45) is 5.41 Å². The Labute approximate surface area is 356 Å². The molecule has 0 N–H and O–H groups in total. The van der Waals surface area contributed by atoms with E-state index in [9.17, 15) is 4.79 Å². The third-order valence-electron chi connectivity index (χ3n) is 14.2. The molecule has 0 aromatic carbocycles. The molecule has 0 aliphatic heterocycles. The number of unbranched alkanes of at least 4 members (excludes halogenated alkanes) is 43. The quantitative estimate of drug-likeness (QED) is 0.0562. The van der Waals surface area contributed by atoms with Crippen LogP contribution in [0.2, 0.25) is 0 Å². The second kappa shape index (κ2) is 44.2. The summed E-state index contributed by atoms with van der Waals surface area (Å²) in [5.41, 5.74) is 0.509. The molecule has 0 bridgehead atoms. The van der Waals surface area contributed by atoms with Crippen LogP contribution in [0.1, 0.15) is 341 Å². The van der Waals surface area contributed by atoms with Gasteiger partial charge < -0.3 is 0 Å². The highest BCUT2D eigenvalue weighted by atomic mass is 16.1. The molecule has 0 heterocycles. The first kappa shape index (κ1) is 53.7. The number of carbonyl (C=O) groups excluding carboxylic acids is 1. The van der Waals surface area contributed by atoms with Crippen molar-refractivity contribution < 1.29 is 4.79 Å². The van der Waals surface area contributed by atoms with Crippen LogP contribution in [0, 0.1) is 5.41 Å². The van der Waals surface area contributed by atoms with Gasteiger partial charge in [-0.1, -0.05) is 303 Å². The fraction of sp³-hybridized carbons (Fsp3) is 0.982. The number of hydrogen-bond acceptors (Lipinski definition) is 1. The van der Waals surface area contributed by atoms with Crippen molar-refractivity contribution in [1.29, 1.82) is 0 Å². The number of carbonyl (C=O) groups is 1. The lowest BCUT2D eigenvalue weighted by molar-refractivity contribution is -0.122. The molecule has 0 atom stereocenters. The second-order valence-corrected chi connectivity index (χ2v) is 19.7. The molecule has 56 heavy (non-hydrogen) atoms. The average Bonchev–Trinajstić information content (AvgIpc) is 3.21. The zero-order valence-electron chi connectivity index (χ0n) is 39.5. The Bertz CT molecular complexity index is 744. The molecule has 0 spiro atoms. The smallest absolute Gasteiger partial charge is 0.132 e. The maximum Gasteiger partial charge on any atom is 0.132 e. The first-order valence-corrected chi connectivity index (χ1v) is 27.2. The van der Waals surface area contributed by atoms with E-state index in [-0.39, 0.29) is 0 Å². The Kier molecular flexibility index (Phi) is 42.4. The highest BCUT2D eigenvalue weighted by Gasteiger charge is 2.33. The zero-order valence-corrected chi connectivity index (χ0v) is 39.5. The molecule has 1 rings (SSSR count). The minimum atomic E-state index is 0.509. The van der Waals surface area contributed by atoms with Crippen LogP contribution < -0.4 is 0 Å². The molecule has 1 aliphatic rings. The molecule has 0 aromatic heterocycles. The van der Waals surface area contributed by atoms with Gasteiger partial charge in [0.25, 0.3) is 0 Å². The van der Waals surface area contributed by atoms with E-state index in [0.29, 0.717) is 11.2 Å². The van der Waals surface area contributed by atoms with Gasteiger partial charge in [-0.25, -0.2) is 0 Å². The molecule has 1 aliphatic carbocycles. The van der Waals surface area contributed by atoms with E-state index in [1.54, 1.807) is 0 Å². The van der Waals surface area contributed by atoms with Crippen LogP contribution in [-0.4, -0.2) is 5.78 Å². The van der Waals surface area contributed by atoms with E-state index < -0.39 is 0 Å². The Morgan fingerprint density at radius 3 is 0.607 bits per heavy atom. The van der Waals surface area contributed by atoms with Gasteiger partial charge in [0, 0.05) is 12.8 Å². The minimum absolute atomic E-state index is 0.509. The first-order valence-electron chi connectivity index (χ1n) is 27.2. The first-order chi connectivity index (χ1) is 27.7. The summed E-state index contributed by atoms with van der Waals surface area (Å²) in [6.45, 7) is 4.62. The molecule has 0 amide bonds. The average molecular weight is 785 g/mol. The number of hydrogen-bond donors (Lipinski definition) is 0. The molecule has 1 saturated carbocycles. The highest BCUT2D eigenvalue weighted by Crippen LogP contribution is 2.44. The van der Waals surface area contributed by atoms with Crippen molar-refractivity contribution in [3.8, 4) is 0 Å². The van der Waals surface area contributed by atoms with E-state index in [2.05, 4.69) is 13.8 Å². The van der Waals surface area contributed by atoms with E-state index >= 15 is 0 Å². The van der Waals surface area contributed by atoms with E-state index in [4.69, 9.17) is 0 Å². The van der Waals surface area contributed by atoms with Crippen LogP contribution in [0.25, 0.3) is 0 Å². The van der Waals surface area contributed by atoms with Crippen LogP contribution in [0.15, 0.2) is 0 Å². The van der Waals surface area contributed by atoms with Crippen LogP contribution in [0.5, 0.6) is 0 Å². The molecule has 0 radical (unpaired) electrons. The minimum Gasteiger partial charge on any atom is -0.300 e. The predicted octanol–water partition coefficient (Wildman–Crippen LogP) is 20.5. The van der Waals surface area contributed by atoms with Crippen molar-refractivity contribution in [1.82, 2.24) is 0 Å². The summed E-state index contributed by atoms with van der Waals surface area (Å²) in [5, 5.41) is 0. The van der Waals surface area contributed by atoms with Gasteiger partial charge in [0.1, 0.15) is 5.78 Å². The topological polar surface area (TPSA) is 17.1 Å². The fourth-order valence-electron chi connectivity index (χ4n) is 10.1. The molecule has 0 aromatic rings. The maximum absolute atomic E-state index is 12.1. The standard InChI is InChI=1S/C55H108O/c1-3-5-7-9-11-13-15-17-19-21-23-25-27-29-31-33-35-37-39-41-43-45-47-51-55(52-48-54(56)49-53-55)50-46-44-42-40-38-36-34-32-30-28-26-24-22-20-18-16-14-12-10-8-6-4-2/h3-53H2,1-2H3. The molecule has 334 valence electrons. The van der Waals surface area contributed by atoms with Gasteiger partial charge in [-0.05, 0) is 31.1 Å². The van der Waals surface area contributed by atoms with Crippen LogP contribution >= 0.6 is 0 Å². The monoisotopic (exact) mass is 785 g/mol. The van der Waals surface area contributed by atoms with E-state index in [0.717, 1.165) is 12.8 Å². The van der Waals surface area contributed by atoms with Crippen LogP contribution in [0.4, 0.5) is 0 Å². The second-order valence-electron chi connectivity index (χ2n) is 19.7. The van der Waals surface area contributed by atoms with Crippen molar-refractivity contribution in [2.45, 2.75) is 341 Å². The fourth-order valence-corrected chi connectivity index (χ4v) is 10.1. The number of rotatable bonds is 47. The van der Waals surface area contributed by atoms with Gasteiger partial charge in [0.05, 0.1) is 0 Å². The SMILES string of the molecule is CCCCCCCCCCCCCCCCCCCCCCCCCC1(CCCCCCCCCCCCCCCCCCCCCCCC)CCC(=O)CC1. The Hall–Kier alpha value is -0.330. The summed E-state index contributed by atoms with van der Waals surface area (Å²) < 4.78 is 0. The van der Waals surface area contributed by atoms with Gasteiger partial charge in [-0.2, -0.15) is 0 Å². The lowest BCUT2D eigenvalue weighted by atomic mass is 9.67. The molecular weight excluding hydrogens is 677 g/mol. The Morgan fingerprint density at radius 2 is 0.429 bits per heavy atom. The van der Waals surface area contributed by atoms with Crippen molar-refractivity contribution in [2.75, 3.05) is 0 Å². The van der Waals surface area contributed by atoms with Gasteiger partial charge in [-0.15, -0.1) is 0 Å². The third kappa shape index (κ3) is 37.9. The van der Waals surface area contributed by atoms with Gasteiger partial charge in [0.2, 0.25) is 0 Å². The summed E-state index contributed by atoms with van der Waals surface area (Å²) in [6, 6.07) is 0. The number of ketones is 1. The summed E-state index contributed by atoms with van der Waals surface area (Å²) in [6.07, 6.45) is 72.6. The largest absolute Gasteiger partial charge is 0.300 e. The molecule has 1 fully saturated rings. The third-order valence-corrected chi connectivity index (χ3v) is 14.2. The summed E-state index contributed by atoms with van der Waals surface area (Å²) in [5.74, 6) is 0.541. The predicted molar refractivity (Wildman–Crippen MR) is 254 cm³/mol. The Balaban J connectivity index is 1.86. The van der Waals surface area contributed by atoms with Crippen molar-refractivity contribution in [3.63, 3.8) is 0 Å². The molecule has 1 nitrogen and oxygen atoms in total. The van der Waals surface area contributed by atoms with Gasteiger partial charge in [0.15, 0.2) is 0 Å². The van der Waals surface area contributed by atoms with Crippen LogP contribution in [-0.2, 0) is 4.79 Å². The lowest BCUT2D eigenvalue weighted by Crippen LogP contribution is -2.27. The summed E-state index contributed by atoms with van der Waals surface area (Å²) in [4.78, 5) is 12.1.